The van der Waals surface area contributed by atoms with Crippen LogP contribution in [0.3, 0.4) is 0 Å². The number of hydrazine groups is 1. The van der Waals surface area contributed by atoms with Gasteiger partial charge in [0.1, 0.15) is 0 Å². The van der Waals surface area contributed by atoms with Crippen LogP contribution < -0.4 is 0 Å². The molecule has 1 saturated heterocycles. The van der Waals surface area contributed by atoms with Crippen LogP contribution in [0.5, 0.6) is 0 Å². The van der Waals surface area contributed by atoms with Gasteiger partial charge in [0.2, 0.25) is 0 Å². The lowest BCUT2D eigenvalue weighted by molar-refractivity contribution is -0.385. The Labute approximate surface area is 197 Å². The van der Waals surface area contributed by atoms with Gasteiger partial charge >= 0.3 is 0 Å². The highest BCUT2D eigenvalue weighted by molar-refractivity contribution is 6.30. The third-order valence-corrected chi connectivity index (χ3v) is 6.08. The van der Waals surface area contributed by atoms with Gasteiger partial charge in [0.15, 0.2) is 0 Å². The van der Waals surface area contributed by atoms with E-state index in [0.717, 1.165) is 28.2 Å². The Morgan fingerprint density at radius 2 is 1.56 bits per heavy atom. The maximum atomic E-state index is 13.5. The second-order valence-corrected chi connectivity index (χ2v) is 8.28. The summed E-state index contributed by atoms with van der Waals surface area (Å²) in [6.07, 6.45) is 4.27. The van der Waals surface area contributed by atoms with Crippen molar-refractivity contribution in [2.24, 2.45) is 11.8 Å². The van der Waals surface area contributed by atoms with E-state index >= 15 is 0 Å². The number of carbonyl (C=O) groups is 3. The number of nitro groups is 2. The van der Waals surface area contributed by atoms with Gasteiger partial charge in [0.25, 0.3) is 29.1 Å². The number of benzene rings is 2. The summed E-state index contributed by atoms with van der Waals surface area (Å²) < 4.78 is 0. The molecular weight excluding hydrogens is 468 g/mol. The molecule has 1 fully saturated rings. The van der Waals surface area contributed by atoms with Gasteiger partial charge in [-0.05, 0) is 37.1 Å². The molecule has 1 heterocycles. The topological polar surface area (TPSA) is 144 Å². The molecule has 3 amide bonds. The zero-order valence-electron chi connectivity index (χ0n) is 17.5. The molecule has 1 aliphatic carbocycles. The number of allylic oxidation sites excluding steroid dienone is 2. The van der Waals surface area contributed by atoms with Gasteiger partial charge in [-0.15, -0.1) is 0 Å². The summed E-state index contributed by atoms with van der Waals surface area (Å²) in [7, 11) is 0. The first-order chi connectivity index (χ1) is 16.2. The number of hydrogen-bond donors (Lipinski definition) is 0. The van der Waals surface area contributed by atoms with Crippen molar-refractivity contribution in [2.75, 3.05) is 0 Å². The minimum Gasteiger partial charge on any atom is -0.272 e. The highest BCUT2D eigenvalue weighted by Gasteiger charge is 2.51. The molecule has 0 bridgehead atoms. The van der Waals surface area contributed by atoms with E-state index in [0.29, 0.717) is 12.8 Å². The second kappa shape index (κ2) is 9.02. The molecule has 34 heavy (non-hydrogen) atoms. The monoisotopic (exact) mass is 484 g/mol. The standard InChI is InChI=1S/C22H17ClN4O7/c23-15-8-5-14(19(11-15)27(33)34)12-24(20(28)13-6-9-16(10-7-13)26(31)32)25-21(29)17-3-1-2-4-18(17)22(25)30/h1-2,5-11,17-18H,3-4,12H2/t17-,18+. The molecule has 2 aliphatic rings. The number of imide groups is 1. The van der Waals surface area contributed by atoms with E-state index in [2.05, 4.69) is 0 Å². The van der Waals surface area contributed by atoms with Gasteiger partial charge in [0.05, 0.1) is 33.8 Å². The fourth-order valence-corrected chi connectivity index (χ4v) is 4.30. The lowest BCUT2D eigenvalue weighted by atomic mass is 9.85. The summed E-state index contributed by atoms with van der Waals surface area (Å²) in [5.74, 6) is -3.24. The van der Waals surface area contributed by atoms with Crippen LogP contribution in [0.1, 0.15) is 28.8 Å². The maximum absolute atomic E-state index is 13.5. The average molecular weight is 485 g/mol. The quantitative estimate of drug-likeness (QED) is 0.263. The Morgan fingerprint density at radius 1 is 0.971 bits per heavy atom. The van der Waals surface area contributed by atoms with E-state index in [4.69, 9.17) is 11.6 Å². The molecule has 1 aliphatic heterocycles. The Morgan fingerprint density at radius 3 is 2.09 bits per heavy atom. The number of hydrogen-bond acceptors (Lipinski definition) is 7. The predicted octanol–water partition coefficient (Wildman–Crippen LogP) is 3.67. The smallest absolute Gasteiger partial charge is 0.272 e. The Bertz CT molecular complexity index is 1220. The molecule has 0 unspecified atom stereocenters. The lowest BCUT2D eigenvalue weighted by Gasteiger charge is -2.30. The Hall–Kier alpha value is -4.12. The number of non-ortho nitro benzene ring substituents is 1. The summed E-state index contributed by atoms with van der Waals surface area (Å²) in [6, 6.07) is 8.49. The van der Waals surface area contributed by atoms with E-state index < -0.39 is 45.9 Å². The first kappa shape index (κ1) is 23.1. The third kappa shape index (κ3) is 4.13. The summed E-state index contributed by atoms with van der Waals surface area (Å²) in [6.45, 7) is -0.465. The van der Waals surface area contributed by atoms with Crippen molar-refractivity contribution in [3.8, 4) is 0 Å². The van der Waals surface area contributed by atoms with Gasteiger partial charge in [-0.2, -0.15) is 5.01 Å². The summed E-state index contributed by atoms with van der Waals surface area (Å²) in [5.41, 5.74) is -0.608. The van der Waals surface area contributed by atoms with E-state index in [-0.39, 0.29) is 27.5 Å². The van der Waals surface area contributed by atoms with Crippen LogP contribution in [-0.2, 0) is 16.1 Å². The number of rotatable bonds is 6. The normalized spacial score (nSPS) is 19.1. The van der Waals surface area contributed by atoms with Crippen molar-refractivity contribution in [1.29, 1.82) is 0 Å². The maximum Gasteiger partial charge on any atom is 0.275 e. The van der Waals surface area contributed by atoms with Crippen molar-refractivity contribution in [3.63, 3.8) is 0 Å². The number of carbonyl (C=O) groups excluding carboxylic acids is 3. The van der Waals surface area contributed by atoms with Gasteiger partial charge < -0.3 is 0 Å². The highest BCUT2D eigenvalue weighted by atomic mass is 35.5. The van der Waals surface area contributed by atoms with E-state index in [1.165, 1.54) is 24.3 Å². The fourth-order valence-electron chi connectivity index (χ4n) is 4.13. The van der Waals surface area contributed by atoms with Crippen LogP contribution in [-0.4, -0.2) is 37.6 Å². The molecule has 0 saturated carbocycles. The van der Waals surface area contributed by atoms with Crippen LogP contribution in [0.25, 0.3) is 0 Å². The molecule has 174 valence electrons. The second-order valence-electron chi connectivity index (χ2n) is 7.84. The molecule has 11 nitrogen and oxygen atoms in total. The molecule has 4 rings (SSSR count). The molecule has 2 aromatic carbocycles. The molecule has 0 N–H and O–H groups in total. The van der Waals surface area contributed by atoms with Crippen LogP contribution in [0.4, 0.5) is 11.4 Å². The summed E-state index contributed by atoms with van der Waals surface area (Å²) in [4.78, 5) is 61.0. The SMILES string of the molecule is O=C(c1ccc([N+](=O)[O-])cc1)N(Cc1ccc(Cl)cc1[N+](=O)[O-])N1C(=O)[C@H]2CC=CC[C@H]2C1=O. The number of nitrogens with zero attached hydrogens (tertiary/aromatic N) is 4. The van der Waals surface area contributed by atoms with Crippen molar-refractivity contribution in [2.45, 2.75) is 19.4 Å². The molecule has 2 aromatic rings. The van der Waals surface area contributed by atoms with Crippen molar-refractivity contribution in [1.82, 2.24) is 10.0 Å². The van der Waals surface area contributed by atoms with Crippen LogP contribution >= 0.6 is 11.6 Å². The van der Waals surface area contributed by atoms with Crippen molar-refractivity contribution in [3.05, 3.63) is 91.0 Å². The van der Waals surface area contributed by atoms with Crippen LogP contribution in [0.15, 0.2) is 54.6 Å². The lowest BCUT2D eigenvalue weighted by Crippen LogP contribution is -2.49. The van der Waals surface area contributed by atoms with Gasteiger partial charge in [-0.1, -0.05) is 23.8 Å². The van der Waals surface area contributed by atoms with Gasteiger partial charge in [-0.3, -0.25) is 34.6 Å². The van der Waals surface area contributed by atoms with Crippen LogP contribution in [0.2, 0.25) is 5.02 Å². The molecule has 2 atom stereocenters. The Balaban J connectivity index is 1.76. The summed E-state index contributed by atoms with van der Waals surface area (Å²) in [5, 5.41) is 24.3. The fraction of sp³-hybridized carbons (Fsp3) is 0.227. The molecule has 12 heteroatoms. The molecule has 0 aromatic heterocycles. The van der Waals surface area contributed by atoms with Gasteiger partial charge in [-0.25, -0.2) is 5.01 Å². The minimum absolute atomic E-state index is 0.0317. The number of halogens is 1. The van der Waals surface area contributed by atoms with E-state index in [1.54, 1.807) is 12.2 Å². The Kier molecular flexibility index (Phi) is 6.12. The molecule has 0 spiro atoms. The average Bonchev–Trinajstić information content (AvgIpc) is 3.08. The predicted molar refractivity (Wildman–Crippen MR) is 118 cm³/mol. The number of amides is 3. The first-order valence-electron chi connectivity index (χ1n) is 10.2. The molecular formula is C22H17ClN4O7. The van der Waals surface area contributed by atoms with Crippen molar-refractivity contribution < 1.29 is 24.2 Å². The largest absolute Gasteiger partial charge is 0.275 e. The van der Waals surface area contributed by atoms with E-state index in [1.807, 2.05) is 0 Å². The third-order valence-electron chi connectivity index (χ3n) is 5.85. The highest BCUT2D eigenvalue weighted by Crippen LogP contribution is 2.37. The van der Waals surface area contributed by atoms with Crippen molar-refractivity contribution >= 4 is 40.7 Å². The van der Waals surface area contributed by atoms with E-state index in [9.17, 15) is 34.6 Å². The summed E-state index contributed by atoms with van der Waals surface area (Å²) >= 11 is 5.89. The molecule has 0 radical (unpaired) electrons. The van der Waals surface area contributed by atoms with Gasteiger partial charge in [0, 0.05) is 28.8 Å². The number of nitro benzene ring substituents is 2. The zero-order chi connectivity index (χ0) is 24.6. The number of fused-ring (bicyclic) bond motifs is 1. The minimum atomic E-state index is -0.813. The zero-order valence-corrected chi connectivity index (χ0v) is 18.3. The van der Waals surface area contributed by atoms with Crippen LogP contribution in [0, 0.1) is 32.1 Å². The first-order valence-corrected chi connectivity index (χ1v) is 10.6.